The predicted octanol–water partition coefficient (Wildman–Crippen LogP) is 2.17. The zero-order chi connectivity index (χ0) is 24.3. The van der Waals surface area contributed by atoms with Crippen molar-refractivity contribution < 1.29 is 22.3 Å². The maximum absolute atomic E-state index is 13.3. The van der Waals surface area contributed by atoms with E-state index in [0.717, 1.165) is 29.5 Å². The third kappa shape index (κ3) is 5.34. The number of nitrogens with one attached hydrogen (secondary N) is 1. The van der Waals surface area contributed by atoms with Crippen molar-refractivity contribution in [1.82, 2.24) is 9.62 Å². The highest BCUT2D eigenvalue weighted by Gasteiger charge is 2.26. The Balaban J connectivity index is 1.49. The Morgan fingerprint density at radius 3 is 2.47 bits per heavy atom. The van der Waals surface area contributed by atoms with Gasteiger partial charge in [-0.3, -0.25) is 4.79 Å². The minimum atomic E-state index is -3.68. The van der Waals surface area contributed by atoms with Gasteiger partial charge in [0.2, 0.25) is 10.0 Å². The van der Waals surface area contributed by atoms with Gasteiger partial charge in [0.05, 0.1) is 23.7 Å². The molecule has 2 aromatic carbocycles. The highest BCUT2D eigenvalue weighted by atomic mass is 32.2. The van der Waals surface area contributed by atoms with Crippen LogP contribution in [0.5, 0.6) is 0 Å². The molecule has 0 saturated carbocycles. The Hall–Kier alpha value is -2.69. The van der Waals surface area contributed by atoms with Crippen LogP contribution in [0.3, 0.4) is 0 Å². The third-order valence-corrected chi connectivity index (χ3v) is 8.18. The molecule has 2 fully saturated rings. The number of nitrogens with zero attached hydrogens (tertiary/aromatic N) is 3. The molecule has 0 spiro atoms. The van der Waals surface area contributed by atoms with Crippen molar-refractivity contribution in [2.45, 2.75) is 11.3 Å². The number of hydrogen-bond donors (Lipinski definition) is 1. The Bertz CT molecular complexity index is 1120. The number of anilines is 2. The molecule has 10 heteroatoms. The van der Waals surface area contributed by atoms with Crippen LogP contribution >= 0.6 is 0 Å². The van der Waals surface area contributed by atoms with Gasteiger partial charge in [-0.1, -0.05) is 0 Å². The van der Waals surface area contributed by atoms with Crippen LogP contribution in [0.2, 0.25) is 0 Å². The Morgan fingerprint density at radius 2 is 1.79 bits per heavy atom. The Morgan fingerprint density at radius 1 is 1.09 bits per heavy atom. The van der Waals surface area contributed by atoms with Crippen LogP contribution in [0, 0.1) is 11.7 Å². The number of sulfonamides is 1. The quantitative estimate of drug-likeness (QED) is 0.641. The molecule has 0 bridgehead atoms. The molecular weight excluding hydrogens is 459 g/mol. The fourth-order valence-corrected chi connectivity index (χ4v) is 5.29. The summed E-state index contributed by atoms with van der Waals surface area (Å²) in [7, 11) is -0.735. The number of carbonyl (C=O) groups excluding carboxylic acids is 1. The minimum Gasteiger partial charge on any atom is -0.378 e. The molecule has 0 aliphatic carbocycles. The first kappa shape index (κ1) is 24.4. The molecule has 1 N–H and O–H groups in total. The van der Waals surface area contributed by atoms with E-state index in [0.29, 0.717) is 44.1 Å². The summed E-state index contributed by atoms with van der Waals surface area (Å²) in [6.07, 6.45) is 0.906. The number of benzene rings is 2. The highest BCUT2D eigenvalue weighted by Crippen LogP contribution is 2.27. The number of amides is 1. The SMILES string of the molecule is CN(C)S(=O)(=O)c1ccc(N2CCOCC2)c(C(=O)NCC2CCN(c3ccc(F)cc3)C2)c1. The first-order valence-electron chi connectivity index (χ1n) is 11.4. The molecule has 2 saturated heterocycles. The summed E-state index contributed by atoms with van der Waals surface area (Å²) >= 11 is 0. The normalized spacial score (nSPS) is 19.0. The summed E-state index contributed by atoms with van der Waals surface area (Å²) in [5, 5.41) is 3.02. The van der Waals surface area contributed by atoms with Crippen LogP contribution in [0.1, 0.15) is 16.8 Å². The zero-order valence-corrected chi connectivity index (χ0v) is 20.4. The van der Waals surface area contributed by atoms with Gasteiger partial charge in [0.15, 0.2) is 0 Å². The molecule has 1 atom stereocenters. The van der Waals surface area contributed by atoms with E-state index in [1.165, 1.54) is 32.3 Å². The number of morpholine rings is 1. The lowest BCUT2D eigenvalue weighted by Crippen LogP contribution is -2.38. The second-order valence-corrected chi connectivity index (χ2v) is 11.0. The second kappa shape index (κ2) is 10.3. The number of halogens is 1. The largest absolute Gasteiger partial charge is 0.378 e. The molecule has 2 aliphatic rings. The van der Waals surface area contributed by atoms with Crippen LogP contribution < -0.4 is 15.1 Å². The summed E-state index contributed by atoms with van der Waals surface area (Å²) in [6, 6.07) is 11.2. The summed E-state index contributed by atoms with van der Waals surface area (Å²) in [5.41, 5.74) is 2.02. The first-order chi connectivity index (χ1) is 16.3. The molecule has 2 heterocycles. The maximum Gasteiger partial charge on any atom is 0.253 e. The van der Waals surface area contributed by atoms with E-state index in [1.807, 2.05) is 0 Å². The number of carbonyl (C=O) groups is 1. The maximum atomic E-state index is 13.3. The van der Waals surface area contributed by atoms with Gasteiger partial charge in [-0.2, -0.15) is 0 Å². The van der Waals surface area contributed by atoms with Gasteiger partial charge >= 0.3 is 0 Å². The van der Waals surface area contributed by atoms with Crippen molar-refractivity contribution in [3.63, 3.8) is 0 Å². The van der Waals surface area contributed by atoms with Crippen LogP contribution in [0.15, 0.2) is 47.4 Å². The van der Waals surface area contributed by atoms with Crippen molar-refractivity contribution in [3.05, 3.63) is 53.8 Å². The van der Waals surface area contributed by atoms with Crippen molar-refractivity contribution in [1.29, 1.82) is 0 Å². The van der Waals surface area contributed by atoms with Gasteiger partial charge in [-0.05, 0) is 54.8 Å². The molecule has 8 nitrogen and oxygen atoms in total. The van der Waals surface area contributed by atoms with E-state index in [2.05, 4.69) is 15.1 Å². The van der Waals surface area contributed by atoms with Crippen LogP contribution in [-0.2, 0) is 14.8 Å². The number of ether oxygens (including phenoxy) is 1. The van der Waals surface area contributed by atoms with Gasteiger partial charge < -0.3 is 19.9 Å². The van der Waals surface area contributed by atoms with Crippen molar-refractivity contribution in [2.24, 2.45) is 5.92 Å². The van der Waals surface area contributed by atoms with E-state index in [1.54, 1.807) is 24.3 Å². The smallest absolute Gasteiger partial charge is 0.253 e. The summed E-state index contributed by atoms with van der Waals surface area (Å²) < 4.78 is 45.2. The van der Waals surface area contributed by atoms with E-state index in [4.69, 9.17) is 4.74 Å². The zero-order valence-electron chi connectivity index (χ0n) is 19.5. The van der Waals surface area contributed by atoms with Crippen molar-refractivity contribution >= 4 is 27.3 Å². The van der Waals surface area contributed by atoms with Crippen LogP contribution in [0.4, 0.5) is 15.8 Å². The fourth-order valence-electron chi connectivity index (χ4n) is 4.37. The van der Waals surface area contributed by atoms with Crippen molar-refractivity contribution in [2.75, 3.05) is 69.8 Å². The summed E-state index contributed by atoms with van der Waals surface area (Å²) in [4.78, 5) is 17.6. The molecule has 1 unspecified atom stereocenters. The van der Waals surface area contributed by atoms with E-state index in [-0.39, 0.29) is 22.5 Å². The third-order valence-electron chi connectivity index (χ3n) is 6.37. The van der Waals surface area contributed by atoms with E-state index < -0.39 is 10.0 Å². The van der Waals surface area contributed by atoms with E-state index in [9.17, 15) is 17.6 Å². The Labute approximate surface area is 200 Å². The molecule has 0 radical (unpaired) electrons. The molecule has 0 aromatic heterocycles. The topological polar surface area (TPSA) is 82.2 Å². The van der Waals surface area contributed by atoms with Gasteiger partial charge in [0, 0.05) is 58.2 Å². The second-order valence-electron chi connectivity index (χ2n) is 8.85. The van der Waals surface area contributed by atoms with Crippen LogP contribution in [-0.4, -0.2) is 78.7 Å². The lowest BCUT2D eigenvalue weighted by molar-refractivity contribution is 0.0946. The lowest BCUT2D eigenvalue weighted by Gasteiger charge is -2.30. The molecule has 34 heavy (non-hydrogen) atoms. The van der Waals surface area contributed by atoms with Gasteiger partial charge in [-0.25, -0.2) is 17.1 Å². The molecule has 2 aromatic rings. The fraction of sp³-hybridized carbons (Fsp3) is 0.458. The predicted molar refractivity (Wildman–Crippen MR) is 129 cm³/mol. The van der Waals surface area contributed by atoms with Gasteiger partial charge in [0.25, 0.3) is 5.91 Å². The van der Waals surface area contributed by atoms with Gasteiger partial charge in [-0.15, -0.1) is 0 Å². The van der Waals surface area contributed by atoms with Crippen LogP contribution in [0.25, 0.3) is 0 Å². The average Bonchev–Trinajstić information content (AvgIpc) is 3.32. The van der Waals surface area contributed by atoms with Gasteiger partial charge in [0.1, 0.15) is 5.82 Å². The number of rotatable bonds is 7. The summed E-state index contributed by atoms with van der Waals surface area (Å²) in [6.45, 7) is 4.45. The van der Waals surface area contributed by atoms with Crippen molar-refractivity contribution in [3.8, 4) is 0 Å². The molecule has 184 valence electrons. The summed E-state index contributed by atoms with van der Waals surface area (Å²) in [5.74, 6) is -0.312. The average molecular weight is 491 g/mol. The lowest BCUT2D eigenvalue weighted by atomic mass is 10.1. The monoisotopic (exact) mass is 490 g/mol. The Kier molecular flexibility index (Phi) is 7.39. The standard InChI is InChI=1S/C24H31FN4O4S/c1-27(2)34(31,32)21-7-8-23(28-11-13-33-14-12-28)22(15-21)24(30)26-16-18-9-10-29(17-18)20-5-3-19(25)4-6-20/h3-8,15,18H,9-14,16-17H2,1-2H3,(H,26,30). The first-order valence-corrected chi connectivity index (χ1v) is 12.9. The molecule has 1 amide bonds. The molecular formula is C24H31FN4O4S. The number of hydrogen-bond acceptors (Lipinski definition) is 6. The highest BCUT2D eigenvalue weighted by molar-refractivity contribution is 7.89. The van der Waals surface area contributed by atoms with E-state index >= 15 is 0 Å². The molecule has 2 aliphatic heterocycles. The molecule has 4 rings (SSSR count). The minimum absolute atomic E-state index is 0.0861.